The molecule has 1 aliphatic rings. The molecule has 0 amide bonds. The predicted molar refractivity (Wildman–Crippen MR) is 77.9 cm³/mol. The molecule has 1 aromatic carbocycles. The summed E-state index contributed by atoms with van der Waals surface area (Å²) in [5.41, 5.74) is -3.53. The van der Waals surface area contributed by atoms with Gasteiger partial charge in [0.05, 0.1) is 4.92 Å². The molecule has 0 unspecified atom stereocenters. The molecule has 7 N–H and O–H groups in total. The van der Waals surface area contributed by atoms with Crippen LogP contribution in [0, 0.1) is 10.1 Å². The standard InChI is InChI=1S/C12H16NO11P/c14-7-8(15)10(17)12(11(18)9(7)16,24-25(21,22)23)5-1-3-6(4-2-5)13(19)20/h1-4,7-11,14-18H,(H2,21,22,23)/t7-,8-,9+,10-,11-,12-/m0/s1. The number of aliphatic hydroxyl groups excluding tert-OH is 5. The van der Waals surface area contributed by atoms with E-state index in [1.807, 2.05) is 0 Å². The molecular weight excluding hydrogens is 365 g/mol. The number of hydrogen-bond donors (Lipinski definition) is 7. The van der Waals surface area contributed by atoms with Gasteiger partial charge in [-0.1, -0.05) is 0 Å². The van der Waals surface area contributed by atoms with Crippen LogP contribution in [-0.4, -0.2) is 70.8 Å². The van der Waals surface area contributed by atoms with Gasteiger partial charge in [0.15, 0.2) is 5.60 Å². The second-order valence-corrected chi connectivity index (χ2v) is 6.70. The summed E-state index contributed by atoms with van der Waals surface area (Å²) in [5, 5.41) is 60.6. The number of nitrogens with zero attached hydrogens (tertiary/aromatic N) is 1. The number of non-ortho nitro benzene ring substituents is 1. The van der Waals surface area contributed by atoms with Crippen LogP contribution in [0.25, 0.3) is 0 Å². The van der Waals surface area contributed by atoms with Crippen molar-refractivity contribution in [3.8, 4) is 0 Å². The largest absolute Gasteiger partial charge is 0.470 e. The van der Waals surface area contributed by atoms with Crippen molar-refractivity contribution in [2.75, 3.05) is 0 Å². The Labute approximate surface area is 139 Å². The summed E-state index contributed by atoms with van der Waals surface area (Å²) < 4.78 is 15.9. The highest BCUT2D eigenvalue weighted by Crippen LogP contribution is 2.52. The summed E-state index contributed by atoms with van der Waals surface area (Å²) in [6.45, 7) is 0. The van der Waals surface area contributed by atoms with E-state index in [4.69, 9.17) is 9.79 Å². The molecule has 0 aliphatic heterocycles. The number of rotatable bonds is 4. The van der Waals surface area contributed by atoms with Gasteiger partial charge < -0.3 is 35.3 Å². The lowest BCUT2D eigenvalue weighted by Crippen LogP contribution is -2.69. The third-order valence-electron chi connectivity index (χ3n) is 4.02. The second-order valence-electron chi connectivity index (χ2n) is 5.54. The van der Waals surface area contributed by atoms with E-state index in [-0.39, 0.29) is 5.56 Å². The van der Waals surface area contributed by atoms with E-state index in [9.17, 15) is 40.2 Å². The number of nitro benzene ring substituents is 1. The molecule has 12 nitrogen and oxygen atoms in total. The van der Waals surface area contributed by atoms with Gasteiger partial charge in [0.1, 0.15) is 30.5 Å². The zero-order valence-corrected chi connectivity index (χ0v) is 13.2. The Morgan fingerprint density at radius 1 is 0.960 bits per heavy atom. The Bertz CT molecular complexity index is 673. The lowest BCUT2D eigenvalue weighted by atomic mass is 9.71. The Morgan fingerprint density at radius 3 is 1.76 bits per heavy atom. The van der Waals surface area contributed by atoms with Crippen LogP contribution in [-0.2, 0) is 14.7 Å². The fourth-order valence-corrected chi connectivity index (χ4v) is 3.52. The molecule has 0 aromatic heterocycles. The highest BCUT2D eigenvalue weighted by molar-refractivity contribution is 7.46. The topological polar surface area (TPSA) is 211 Å². The molecule has 6 atom stereocenters. The lowest BCUT2D eigenvalue weighted by Gasteiger charge is -2.50. The highest BCUT2D eigenvalue weighted by atomic mass is 31.2. The molecule has 0 radical (unpaired) electrons. The quantitative estimate of drug-likeness (QED) is 0.168. The van der Waals surface area contributed by atoms with Crippen LogP contribution in [0.3, 0.4) is 0 Å². The molecule has 1 fully saturated rings. The molecule has 0 spiro atoms. The Morgan fingerprint density at radius 2 is 1.40 bits per heavy atom. The van der Waals surface area contributed by atoms with Crippen molar-refractivity contribution in [2.45, 2.75) is 36.1 Å². The minimum atomic E-state index is -5.40. The van der Waals surface area contributed by atoms with Crippen molar-refractivity contribution >= 4 is 13.5 Å². The van der Waals surface area contributed by atoms with E-state index in [0.29, 0.717) is 0 Å². The number of phosphoric acid groups is 1. The molecule has 140 valence electrons. The summed E-state index contributed by atoms with van der Waals surface area (Å²) >= 11 is 0. The summed E-state index contributed by atoms with van der Waals surface area (Å²) in [4.78, 5) is 28.2. The van der Waals surface area contributed by atoms with E-state index in [1.54, 1.807) is 0 Å². The summed E-state index contributed by atoms with van der Waals surface area (Å²) in [7, 11) is -5.40. The first-order chi connectivity index (χ1) is 11.4. The van der Waals surface area contributed by atoms with Crippen LogP contribution < -0.4 is 0 Å². The Balaban J connectivity index is 2.65. The summed E-state index contributed by atoms with van der Waals surface area (Å²) in [5.74, 6) is 0. The molecule has 1 aromatic rings. The number of phosphoric ester groups is 1. The highest BCUT2D eigenvalue weighted by Gasteiger charge is 2.62. The maximum absolute atomic E-state index is 11.4. The van der Waals surface area contributed by atoms with Gasteiger partial charge in [-0.2, -0.15) is 0 Å². The molecule has 2 rings (SSSR count). The predicted octanol–water partition coefficient (Wildman–Crippen LogP) is -2.28. The minimum absolute atomic E-state index is 0.369. The summed E-state index contributed by atoms with van der Waals surface area (Å²) in [6.07, 6.45) is -10.9. The molecule has 0 bridgehead atoms. The first-order valence-electron chi connectivity index (χ1n) is 6.83. The smallest absolute Gasteiger partial charge is 0.387 e. The van der Waals surface area contributed by atoms with Gasteiger partial charge in [0.25, 0.3) is 5.69 Å². The molecule has 13 heteroatoms. The Kier molecular flexibility index (Phi) is 5.31. The van der Waals surface area contributed by atoms with E-state index >= 15 is 0 Å². The van der Waals surface area contributed by atoms with Gasteiger partial charge in [-0.05, 0) is 17.7 Å². The average Bonchev–Trinajstić information content (AvgIpc) is 2.54. The van der Waals surface area contributed by atoms with Crippen LogP contribution in [0.5, 0.6) is 0 Å². The maximum atomic E-state index is 11.4. The third kappa shape index (κ3) is 3.44. The van der Waals surface area contributed by atoms with Crippen LogP contribution in [0.15, 0.2) is 24.3 Å². The van der Waals surface area contributed by atoms with Crippen molar-refractivity contribution in [3.63, 3.8) is 0 Å². The SMILES string of the molecule is O=[N+]([O-])c1ccc([C@@]2(OP(=O)(O)O)[C@@H](O)[C@H](O)[C@@H](O)[C@H](O)[C@@H]2O)cc1. The molecule has 0 heterocycles. The van der Waals surface area contributed by atoms with E-state index in [0.717, 1.165) is 24.3 Å². The zero-order chi connectivity index (χ0) is 19.2. The van der Waals surface area contributed by atoms with E-state index in [2.05, 4.69) is 4.52 Å². The molecule has 25 heavy (non-hydrogen) atoms. The number of nitro groups is 1. The van der Waals surface area contributed by atoms with Crippen molar-refractivity contribution < 1.29 is 49.3 Å². The molecule has 0 saturated heterocycles. The fourth-order valence-electron chi connectivity index (χ4n) is 2.80. The van der Waals surface area contributed by atoms with Gasteiger partial charge in [0, 0.05) is 12.1 Å². The monoisotopic (exact) mass is 381 g/mol. The Hall–Kier alpha value is -1.47. The van der Waals surface area contributed by atoms with Crippen molar-refractivity contribution in [2.24, 2.45) is 0 Å². The van der Waals surface area contributed by atoms with Gasteiger partial charge in [-0.15, -0.1) is 0 Å². The first-order valence-corrected chi connectivity index (χ1v) is 8.36. The summed E-state index contributed by atoms with van der Waals surface area (Å²) in [6, 6.07) is 3.67. The minimum Gasteiger partial charge on any atom is -0.387 e. The fraction of sp³-hybridized carbons (Fsp3) is 0.500. The normalized spacial score (nSPS) is 36.2. The lowest BCUT2D eigenvalue weighted by molar-refractivity contribution is -0.384. The van der Waals surface area contributed by atoms with Gasteiger partial charge in [-0.25, -0.2) is 4.57 Å². The van der Waals surface area contributed by atoms with Gasteiger partial charge in [-0.3, -0.25) is 14.6 Å². The maximum Gasteiger partial charge on any atom is 0.470 e. The van der Waals surface area contributed by atoms with Crippen LogP contribution >= 0.6 is 7.82 Å². The number of aliphatic hydroxyl groups is 5. The zero-order valence-electron chi connectivity index (χ0n) is 12.4. The van der Waals surface area contributed by atoms with Crippen LogP contribution in [0.2, 0.25) is 0 Å². The molecule has 1 aliphatic carbocycles. The number of hydrogen-bond acceptors (Lipinski definition) is 9. The van der Waals surface area contributed by atoms with Gasteiger partial charge >= 0.3 is 7.82 Å². The van der Waals surface area contributed by atoms with Crippen molar-refractivity contribution in [1.82, 2.24) is 0 Å². The third-order valence-corrected chi connectivity index (χ3v) is 4.56. The van der Waals surface area contributed by atoms with E-state index < -0.39 is 54.6 Å². The van der Waals surface area contributed by atoms with Crippen molar-refractivity contribution in [3.05, 3.63) is 39.9 Å². The number of benzene rings is 1. The second kappa shape index (κ2) is 6.68. The van der Waals surface area contributed by atoms with E-state index in [1.165, 1.54) is 0 Å². The van der Waals surface area contributed by atoms with Crippen molar-refractivity contribution in [1.29, 1.82) is 0 Å². The first kappa shape index (κ1) is 19.8. The van der Waals surface area contributed by atoms with Crippen LogP contribution in [0.4, 0.5) is 5.69 Å². The molecule has 1 saturated carbocycles. The van der Waals surface area contributed by atoms with Gasteiger partial charge in [0.2, 0.25) is 0 Å². The average molecular weight is 381 g/mol. The molecular formula is C12H16NO11P. The van der Waals surface area contributed by atoms with Crippen LogP contribution in [0.1, 0.15) is 5.56 Å².